The molecule has 1 heterocycles. The first kappa shape index (κ1) is 14.4. The van der Waals surface area contributed by atoms with Crippen LogP contribution >= 0.6 is 45.2 Å². The Bertz CT molecular complexity index is 476. The zero-order valence-electron chi connectivity index (χ0n) is 10.4. The lowest BCUT2D eigenvalue weighted by molar-refractivity contribution is 0.160. The number of aryl methyl sites for hydroxylation is 1. The lowest BCUT2D eigenvalue weighted by Crippen LogP contribution is -2.30. The number of ether oxygens (including phenoxy) is 1. The highest BCUT2D eigenvalue weighted by atomic mass is 127. The maximum Gasteiger partial charge on any atom is 0.414 e. The Labute approximate surface area is 135 Å². The van der Waals surface area contributed by atoms with Gasteiger partial charge in [-0.15, -0.1) is 0 Å². The molecule has 2 rings (SSSR count). The minimum atomic E-state index is -0.231. The van der Waals surface area contributed by atoms with Crippen LogP contribution in [0, 0.1) is 10.5 Å². The van der Waals surface area contributed by atoms with Gasteiger partial charge in [-0.25, -0.2) is 4.79 Å². The van der Waals surface area contributed by atoms with Crippen LogP contribution in [0.25, 0.3) is 0 Å². The molecule has 0 aliphatic carbocycles. The molecule has 1 aromatic carbocycles. The second kappa shape index (κ2) is 5.94. The van der Waals surface area contributed by atoms with Crippen molar-refractivity contribution in [3.05, 3.63) is 26.8 Å². The van der Waals surface area contributed by atoms with Crippen LogP contribution in [0.15, 0.2) is 12.1 Å². The number of fused-ring (bicyclic) bond motifs is 1. The van der Waals surface area contributed by atoms with Gasteiger partial charge in [-0.2, -0.15) is 0 Å². The minimum absolute atomic E-state index is 0.231. The third kappa shape index (κ3) is 2.48. The molecule has 0 saturated heterocycles. The summed E-state index contributed by atoms with van der Waals surface area (Å²) in [6.45, 7) is 5.10. The average Bonchev–Trinajstić information content (AvgIpc) is 2.73. The Morgan fingerprint density at radius 2 is 2.28 bits per heavy atom. The Morgan fingerprint density at radius 1 is 1.56 bits per heavy atom. The van der Waals surface area contributed by atoms with Crippen molar-refractivity contribution >= 4 is 57.0 Å². The molecule has 1 aliphatic heterocycles. The highest BCUT2D eigenvalue weighted by Gasteiger charge is 2.34. The summed E-state index contributed by atoms with van der Waals surface area (Å²) >= 11 is 4.77. The van der Waals surface area contributed by atoms with Crippen LogP contribution in [-0.2, 0) is 4.74 Å². The lowest BCUT2D eigenvalue weighted by Gasteiger charge is -2.17. The molecule has 3 nitrogen and oxygen atoms in total. The Hall–Kier alpha value is -0.0500. The molecule has 1 atom stereocenters. The van der Waals surface area contributed by atoms with Crippen LogP contribution in [0.2, 0.25) is 0 Å². The number of amides is 1. The number of halogens is 2. The number of carbonyl (C=O) groups is 1. The molecule has 98 valence electrons. The molecule has 1 amide bonds. The van der Waals surface area contributed by atoms with Crippen LogP contribution in [-0.4, -0.2) is 23.7 Å². The second-order valence-corrected chi connectivity index (χ2v) is 6.25. The molecule has 0 bridgehead atoms. The maximum atomic E-state index is 12.0. The van der Waals surface area contributed by atoms with Crippen molar-refractivity contribution in [3.8, 4) is 0 Å². The number of nitrogens with zero attached hydrogens (tertiary/aromatic N) is 1. The normalized spacial score (nSPS) is 17.8. The summed E-state index contributed by atoms with van der Waals surface area (Å²) in [7, 11) is 0. The summed E-state index contributed by atoms with van der Waals surface area (Å²) in [6, 6.07) is 4.11. The number of hydrogen-bond donors (Lipinski definition) is 0. The number of alkyl halides is 1. The first-order valence-electron chi connectivity index (χ1n) is 5.89. The van der Waals surface area contributed by atoms with Gasteiger partial charge in [0.25, 0.3) is 0 Å². The summed E-state index contributed by atoms with van der Waals surface area (Å²) in [5.74, 6) is 0.414. The van der Waals surface area contributed by atoms with Crippen LogP contribution in [0.1, 0.15) is 24.0 Å². The van der Waals surface area contributed by atoms with Gasteiger partial charge in [0, 0.05) is 20.5 Å². The van der Waals surface area contributed by atoms with E-state index in [4.69, 9.17) is 4.74 Å². The molecule has 5 heteroatoms. The van der Waals surface area contributed by atoms with Gasteiger partial charge in [-0.05, 0) is 53.6 Å². The average molecular weight is 471 g/mol. The quantitative estimate of drug-likeness (QED) is 0.481. The lowest BCUT2D eigenvalue weighted by atomic mass is 10.0. The molecule has 0 aromatic heterocycles. The van der Waals surface area contributed by atoms with E-state index in [0.717, 1.165) is 16.7 Å². The Balaban J connectivity index is 2.43. The van der Waals surface area contributed by atoms with Crippen molar-refractivity contribution < 1.29 is 9.53 Å². The maximum absolute atomic E-state index is 12.0. The number of benzene rings is 1. The van der Waals surface area contributed by atoms with Crippen LogP contribution in [0.4, 0.5) is 10.5 Å². The summed E-state index contributed by atoms with van der Waals surface area (Å²) in [5, 5.41) is 0. The van der Waals surface area contributed by atoms with E-state index >= 15 is 0 Å². The molecular formula is C13H15I2NO2. The van der Waals surface area contributed by atoms with E-state index in [1.165, 1.54) is 14.7 Å². The van der Waals surface area contributed by atoms with Gasteiger partial charge >= 0.3 is 6.09 Å². The third-order valence-electron chi connectivity index (χ3n) is 3.13. The van der Waals surface area contributed by atoms with Crippen molar-refractivity contribution in [2.24, 2.45) is 0 Å². The number of hydrogen-bond acceptors (Lipinski definition) is 2. The van der Waals surface area contributed by atoms with Gasteiger partial charge in [0.1, 0.15) is 0 Å². The first-order valence-corrected chi connectivity index (χ1v) is 8.49. The summed E-state index contributed by atoms with van der Waals surface area (Å²) < 4.78 is 7.42. The molecule has 0 N–H and O–H groups in total. The van der Waals surface area contributed by atoms with Gasteiger partial charge in [0.15, 0.2) is 0 Å². The molecule has 1 aliphatic rings. The zero-order valence-corrected chi connectivity index (χ0v) is 14.7. The number of anilines is 1. The number of rotatable bonds is 2. The smallest absolute Gasteiger partial charge is 0.414 e. The first-order chi connectivity index (χ1) is 8.60. The van der Waals surface area contributed by atoms with Crippen molar-refractivity contribution in [1.82, 2.24) is 0 Å². The molecule has 0 fully saturated rings. The largest absolute Gasteiger partial charge is 0.449 e. The fourth-order valence-corrected chi connectivity index (χ4v) is 3.84. The highest BCUT2D eigenvalue weighted by molar-refractivity contribution is 14.1. The van der Waals surface area contributed by atoms with Gasteiger partial charge in [-0.3, -0.25) is 4.90 Å². The van der Waals surface area contributed by atoms with E-state index in [1.54, 1.807) is 4.90 Å². The standard InChI is InChI=1S/C13H15I2NO2/c1-3-18-13(17)16-7-9(6-14)11-10(16)5-4-8(2)12(11)15/h4-5,9H,3,6-7H2,1-2H3. The Kier molecular flexibility index (Phi) is 4.74. The van der Waals surface area contributed by atoms with Crippen molar-refractivity contribution in [2.75, 3.05) is 22.5 Å². The summed E-state index contributed by atoms with van der Waals surface area (Å²) in [5.41, 5.74) is 3.60. The molecule has 1 aromatic rings. The third-order valence-corrected chi connectivity index (χ3v) is 5.62. The highest BCUT2D eigenvalue weighted by Crippen LogP contribution is 2.41. The van der Waals surface area contributed by atoms with Gasteiger partial charge in [0.05, 0.1) is 12.3 Å². The van der Waals surface area contributed by atoms with E-state index in [1.807, 2.05) is 13.0 Å². The van der Waals surface area contributed by atoms with Crippen molar-refractivity contribution in [1.29, 1.82) is 0 Å². The predicted octanol–water partition coefficient (Wildman–Crippen LogP) is 4.09. The summed E-state index contributed by atoms with van der Waals surface area (Å²) in [6.07, 6.45) is -0.231. The predicted molar refractivity (Wildman–Crippen MR) is 89.9 cm³/mol. The zero-order chi connectivity index (χ0) is 13.3. The molecule has 0 saturated carbocycles. The fourth-order valence-electron chi connectivity index (χ4n) is 2.23. The molecule has 1 unspecified atom stereocenters. The van der Waals surface area contributed by atoms with E-state index < -0.39 is 0 Å². The SMILES string of the molecule is CCOC(=O)N1CC(CI)c2c1ccc(C)c2I. The molecule has 18 heavy (non-hydrogen) atoms. The monoisotopic (exact) mass is 471 g/mol. The van der Waals surface area contributed by atoms with Gasteiger partial charge < -0.3 is 4.74 Å². The summed E-state index contributed by atoms with van der Waals surface area (Å²) in [4.78, 5) is 13.7. The van der Waals surface area contributed by atoms with E-state index in [9.17, 15) is 4.79 Å². The second-order valence-electron chi connectivity index (χ2n) is 4.29. The fraction of sp³-hybridized carbons (Fsp3) is 0.462. The van der Waals surface area contributed by atoms with Gasteiger partial charge in [-0.1, -0.05) is 28.7 Å². The van der Waals surface area contributed by atoms with Crippen molar-refractivity contribution in [3.63, 3.8) is 0 Å². The van der Waals surface area contributed by atoms with E-state index in [2.05, 4.69) is 58.2 Å². The van der Waals surface area contributed by atoms with Crippen LogP contribution in [0.5, 0.6) is 0 Å². The van der Waals surface area contributed by atoms with Crippen LogP contribution < -0.4 is 4.90 Å². The number of carbonyl (C=O) groups excluding carboxylic acids is 1. The van der Waals surface area contributed by atoms with Crippen LogP contribution in [0.3, 0.4) is 0 Å². The topological polar surface area (TPSA) is 29.5 Å². The van der Waals surface area contributed by atoms with Crippen molar-refractivity contribution in [2.45, 2.75) is 19.8 Å². The van der Waals surface area contributed by atoms with E-state index in [0.29, 0.717) is 12.5 Å². The molecular weight excluding hydrogens is 456 g/mol. The molecule has 0 radical (unpaired) electrons. The van der Waals surface area contributed by atoms with Gasteiger partial charge in [0.2, 0.25) is 0 Å². The molecule has 0 spiro atoms. The Morgan fingerprint density at radius 3 is 2.89 bits per heavy atom. The minimum Gasteiger partial charge on any atom is -0.449 e. The van der Waals surface area contributed by atoms with E-state index in [-0.39, 0.29) is 6.09 Å².